The van der Waals surface area contributed by atoms with E-state index in [4.69, 9.17) is 14.2 Å². The fourth-order valence-electron chi connectivity index (χ4n) is 1.98. The van der Waals surface area contributed by atoms with Crippen molar-refractivity contribution in [2.75, 3.05) is 14.2 Å². The molecule has 2 aromatic rings. The molecule has 0 N–H and O–H groups in total. The molecule has 0 aliphatic rings. The van der Waals surface area contributed by atoms with Gasteiger partial charge in [-0.2, -0.15) is 0 Å². The third-order valence-electron chi connectivity index (χ3n) is 3.07. The number of methoxy groups -OCH3 is 2. The van der Waals surface area contributed by atoms with Crippen molar-refractivity contribution in [2.24, 2.45) is 0 Å². The lowest BCUT2D eigenvalue weighted by molar-refractivity contribution is -0.139. The van der Waals surface area contributed by atoms with E-state index >= 15 is 0 Å². The molecule has 2 rings (SSSR count). The van der Waals surface area contributed by atoms with Crippen LogP contribution < -0.4 is 9.47 Å². The van der Waals surface area contributed by atoms with Crippen molar-refractivity contribution in [3.8, 4) is 11.5 Å². The Morgan fingerprint density at radius 1 is 1.00 bits per heavy atom. The van der Waals surface area contributed by atoms with Crippen molar-refractivity contribution in [3.63, 3.8) is 0 Å². The molecule has 0 saturated carbocycles. The molecule has 21 heavy (non-hydrogen) atoms. The van der Waals surface area contributed by atoms with Crippen LogP contribution in [-0.4, -0.2) is 20.2 Å². The predicted molar refractivity (Wildman–Crippen MR) is 79.5 cm³/mol. The fraction of sp³-hybridized carbons (Fsp3) is 0.235. The average Bonchev–Trinajstić information content (AvgIpc) is 2.54. The minimum absolute atomic E-state index is 0.151. The molecule has 0 unspecified atom stereocenters. The van der Waals surface area contributed by atoms with Gasteiger partial charge in [-0.3, -0.25) is 4.79 Å². The van der Waals surface area contributed by atoms with Crippen molar-refractivity contribution in [2.45, 2.75) is 13.0 Å². The summed E-state index contributed by atoms with van der Waals surface area (Å²) in [6.45, 7) is 0.412. The summed E-state index contributed by atoms with van der Waals surface area (Å²) < 4.78 is 15.9. The highest BCUT2D eigenvalue weighted by Gasteiger charge is 2.14. The van der Waals surface area contributed by atoms with Crippen LogP contribution in [0.1, 0.15) is 11.1 Å². The van der Waals surface area contributed by atoms with E-state index in [9.17, 15) is 4.79 Å². The second-order valence-corrected chi connectivity index (χ2v) is 4.48. The number of benzene rings is 2. The van der Waals surface area contributed by atoms with Gasteiger partial charge in [0.05, 0.1) is 20.6 Å². The first-order valence-electron chi connectivity index (χ1n) is 6.64. The van der Waals surface area contributed by atoms with E-state index in [1.54, 1.807) is 13.2 Å². The summed E-state index contributed by atoms with van der Waals surface area (Å²) in [4.78, 5) is 11.5. The van der Waals surface area contributed by atoms with Gasteiger partial charge in [0.2, 0.25) is 0 Å². The Bertz CT molecular complexity index is 593. The van der Waals surface area contributed by atoms with E-state index in [1.807, 2.05) is 42.5 Å². The molecule has 0 radical (unpaired) electrons. The second-order valence-electron chi connectivity index (χ2n) is 4.48. The van der Waals surface area contributed by atoms with Gasteiger partial charge >= 0.3 is 5.97 Å². The second kappa shape index (κ2) is 7.33. The topological polar surface area (TPSA) is 44.8 Å². The van der Waals surface area contributed by atoms with Gasteiger partial charge in [-0.1, -0.05) is 42.5 Å². The van der Waals surface area contributed by atoms with Crippen LogP contribution >= 0.6 is 0 Å². The predicted octanol–water partition coefficient (Wildman–Crippen LogP) is 2.99. The van der Waals surface area contributed by atoms with Crippen LogP contribution in [0, 0.1) is 0 Å². The van der Waals surface area contributed by atoms with Gasteiger partial charge in [0.25, 0.3) is 0 Å². The maximum Gasteiger partial charge on any atom is 0.310 e. The van der Waals surface area contributed by atoms with Gasteiger partial charge in [-0.05, 0) is 11.6 Å². The van der Waals surface area contributed by atoms with E-state index in [0.717, 1.165) is 11.1 Å². The van der Waals surface area contributed by atoms with Crippen LogP contribution in [0.5, 0.6) is 11.5 Å². The summed E-state index contributed by atoms with van der Waals surface area (Å²) in [7, 11) is 2.94. The Labute approximate surface area is 124 Å². The summed E-state index contributed by atoms with van der Waals surface area (Å²) in [5.41, 5.74) is 1.80. The van der Waals surface area contributed by atoms with Crippen molar-refractivity contribution in [1.82, 2.24) is 0 Å². The molecule has 2 aromatic carbocycles. The molecule has 0 bridgehead atoms. The van der Waals surface area contributed by atoms with Crippen molar-refractivity contribution in [1.29, 1.82) is 0 Å². The first kappa shape index (κ1) is 14.9. The largest absolute Gasteiger partial charge is 0.493 e. The molecule has 0 saturated heterocycles. The molecule has 0 spiro atoms. The van der Waals surface area contributed by atoms with Crippen LogP contribution in [0.3, 0.4) is 0 Å². The van der Waals surface area contributed by atoms with E-state index < -0.39 is 0 Å². The van der Waals surface area contributed by atoms with Crippen molar-refractivity contribution in [3.05, 3.63) is 59.7 Å². The highest BCUT2D eigenvalue weighted by Crippen LogP contribution is 2.32. The zero-order valence-corrected chi connectivity index (χ0v) is 12.2. The lowest BCUT2D eigenvalue weighted by atomic mass is 10.1. The molecule has 0 aliphatic carbocycles. The van der Waals surface area contributed by atoms with Crippen LogP contribution in [0.2, 0.25) is 0 Å². The zero-order chi connectivity index (χ0) is 15.1. The molecule has 4 nitrogen and oxygen atoms in total. The number of carbonyl (C=O) groups excluding carboxylic acids is 1. The maximum absolute atomic E-state index is 11.5. The summed E-state index contributed by atoms with van der Waals surface area (Å²) in [6, 6.07) is 15.3. The molecular formula is C17H18O4. The number of hydrogen-bond donors (Lipinski definition) is 0. The lowest BCUT2D eigenvalue weighted by Gasteiger charge is -2.14. The molecule has 0 fully saturated rings. The van der Waals surface area contributed by atoms with E-state index in [-0.39, 0.29) is 12.4 Å². The maximum atomic E-state index is 11.5. The quantitative estimate of drug-likeness (QED) is 0.766. The third-order valence-corrected chi connectivity index (χ3v) is 3.07. The van der Waals surface area contributed by atoms with Gasteiger partial charge in [0.15, 0.2) is 11.5 Å². The Kier molecular flexibility index (Phi) is 5.21. The molecule has 0 aromatic heterocycles. The van der Waals surface area contributed by atoms with Gasteiger partial charge in [-0.25, -0.2) is 0 Å². The summed E-state index contributed by atoms with van der Waals surface area (Å²) in [5.74, 6) is 0.870. The van der Waals surface area contributed by atoms with Crippen LogP contribution in [0.15, 0.2) is 48.5 Å². The first-order chi connectivity index (χ1) is 10.2. The minimum Gasteiger partial charge on any atom is -0.493 e. The van der Waals surface area contributed by atoms with Gasteiger partial charge in [0, 0.05) is 5.56 Å². The average molecular weight is 286 g/mol. The van der Waals surface area contributed by atoms with Gasteiger partial charge < -0.3 is 14.2 Å². The summed E-state index contributed by atoms with van der Waals surface area (Å²) in [6.07, 6.45) is 0.151. The van der Waals surface area contributed by atoms with Crippen molar-refractivity contribution >= 4 is 5.97 Å². The molecule has 0 amide bonds. The number of hydrogen-bond acceptors (Lipinski definition) is 4. The fourth-order valence-corrected chi connectivity index (χ4v) is 1.98. The first-order valence-corrected chi connectivity index (χ1v) is 6.64. The normalized spacial score (nSPS) is 10.0. The number of rotatable bonds is 6. The SMILES string of the molecule is COC(=O)Cc1cccc(OC)c1OCc1ccccc1. The van der Waals surface area contributed by atoms with Crippen LogP contribution in [0.25, 0.3) is 0 Å². The van der Waals surface area contributed by atoms with Gasteiger partial charge in [-0.15, -0.1) is 0 Å². The smallest absolute Gasteiger partial charge is 0.310 e. The molecule has 110 valence electrons. The minimum atomic E-state index is -0.312. The lowest BCUT2D eigenvalue weighted by Crippen LogP contribution is -2.07. The Morgan fingerprint density at radius 3 is 2.43 bits per heavy atom. The Hall–Kier alpha value is -2.49. The molecular weight excluding hydrogens is 268 g/mol. The number of para-hydroxylation sites is 1. The monoisotopic (exact) mass is 286 g/mol. The standard InChI is InChI=1S/C17H18O4/c1-19-15-10-6-9-14(11-16(18)20-2)17(15)21-12-13-7-4-3-5-8-13/h3-10H,11-12H2,1-2H3. The number of ether oxygens (including phenoxy) is 3. The summed E-state index contributed by atoms with van der Waals surface area (Å²) in [5, 5.41) is 0. The number of esters is 1. The van der Waals surface area contributed by atoms with E-state index in [0.29, 0.717) is 18.1 Å². The highest BCUT2D eigenvalue weighted by atomic mass is 16.5. The molecule has 0 atom stereocenters. The van der Waals surface area contributed by atoms with Crippen molar-refractivity contribution < 1.29 is 19.0 Å². The zero-order valence-electron chi connectivity index (χ0n) is 12.2. The van der Waals surface area contributed by atoms with E-state index in [1.165, 1.54) is 7.11 Å². The third kappa shape index (κ3) is 3.99. The van der Waals surface area contributed by atoms with Gasteiger partial charge in [0.1, 0.15) is 6.61 Å². The molecule has 0 aliphatic heterocycles. The molecule has 0 heterocycles. The van der Waals surface area contributed by atoms with E-state index in [2.05, 4.69) is 0 Å². The summed E-state index contributed by atoms with van der Waals surface area (Å²) >= 11 is 0. The van der Waals surface area contributed by atoms with Crippen LogP contribution in [0.4, 0.5) is 0 Å². The van der Waals surface area contributed by atoms with Crippen LogP contribution in [-0.2, 0) is 22.6 Å². The highest BCUT2D eigenvalue weighted by molar-refractivity contribution is 5.74. The Morgan fingerprint density at radius 2 is 1.76 bits per heavy atom. The number of carbonyl (C=O) groups is 1. The Balaban J connectivity index is 2.20. The molecule has 4 heteroatoms.